The fourth-order valence-corrected chi connectivity index (χ4v) is 5.52. The summed E-state index contributed by atoms with van der Waals surface area (Å²) >= 11 is 0. The van der Waals surface area contributed by atoms with Crippen LogP contribution in [0.15, 0.2) is 54.6 Å². The van der Waals surface area contributed by atoms with Crippen LogP contribution in [0.1, 0.15) is 47.3 Å². The normalized spacial score (nSPS) is 17.7. The van der Waals surface area contributed by atoms with Gasteiger partial charge < -0.3 is 14.2 Å². The van der Waals surface area contributed by atoms with Crippen LogP contribution in [-0.2, 0) is 42.0 Å². The molecule has 2 aliphatic rings. The molecule has 1 fully saturated rings. The fourth-order valence-electron chi connectivity index (χ4n) is 5.52. The molecule has 35 heavy (non-hydrogen) atoms. The molecule has 0 radical (unpaired) electrons. The van der Waals surface area contributed by atoms with Crippen molar-refractivity contribution in [3.8, 4) is 5.75 Å². The number of hydrogen-bond acceptors (Lipinski definition) is 5. The molecule has 3 heterocycles. The highest BCUT2D eigenvalue weighted by Crippen LogP contribution is 2.40. The van der Waals surface area contributed by atoms with E-state index in [0.717, 1.165) is 77.3 Å². The standard InChI is InChI=1S/C29H37N3O3/c1-33-25-11-9-23(10-12-25)19-32-20-28-26(18-29(22-32)13-16-34-17-14-29)27(30-31-28)8-5-15-35-21-24-6-3-2-4-7-24/h2-4,6-7,9-12H,5,8,13-22H2,1H3,(H,30,31). The number of aromatic nitrogens is 2. The van der Waals surface area contributed by atoms with Crippen molar-refractivity contribution in [2.24, 2.45) is 5.41 Å². The summed E-state index contributed by atoms with van der Waals surface area (Å²) in [6, 6.07) is 18.8. The van der Waals surface area contributed by atoms with Gasteiger partial charge in [0.1, 0.15) is 5.75 Å². The van der Waals surface area contributed by atoms with Crippen molar-refractivity contribution in [3.63, 3.8) is 0 Å². The second-order valence-corrected chi connectivity index (χ2v) is 10.1. The minimum atomic E-state index is 0.248. The van der Waals surface area contributed by atoms with E-state index in [2.05, 4.69) is 58.5 Å². The van der Waals surface area contributed by atoms with Crippen molar-refractivity contribution in [2.45, 2.75) is 51.8 Å². The van der Waals surface area contributed by atoms with E-state index in [4.69, 9.17) is 19.3 Å². The summed E-state index contributed by atoms with van der Waals surface area (Å²) in [6.45, 7) is 6.04. The lowest BCUT2D eigenvalue weighted by atomic mass is 9.75. The molecule has 1 spiro atoms. The molecule has 5 rings (SSSR count). The third-order valence-electron chi connectivity index (χ3n) is 7.46. The molecule has 6 nitrogen and oxygen atoms in total. The number of fused-ring (bicyclic) bond motifs is 1. The Hall–Kier alpha value is -2.67. The van der Waals surface area contributed by atoms with Gasteiger partial charge in [0.15, 0.2) is 0 Å². The number of aryl methyl sites for hydroxylation is 1. The highest BCUT2D eigenvalue weighted by molar-refractivity contribution is 5.30. The molecular weight excluding hydrogens is 438 g/mol. The summed E-state index contributed by atoms with van der Waals surface area (Å²) in [5.41, 5.74) is 6.72. The van der Waals surface area contributed by atoms with Crippen molar-refractivity contribution < 1.29 is 14.2 Å². The second-order valence-electron chi connectivity index (χ2n) is 10.1. The molecule has 1 saturated heterocycles. The van der Waals surface area contributed by atoms with Gasteiger partial charge >= 0.3 is 0 Å². The summed E-state index contributed by atoms with van der Waals surface area (Å²) in [4.78, 5) is 2.59. The van der Waals surface area contributed by atoms with Crippen LogP contribution in [-0.4, -0.2) is 48.6 Å². The first-order valence-corrected chi connectivity index (χ1v) is 12.8. The average Bonchev–Trinajstić information content (AvgIpc) is 3.18. The summed E-state index contributed by atoms with van der Waals surface area (Å²) in [6.07, 6.45) is 5.23. The molecule has 2 aromatic carbocycles. The van der Waals surface area contributed by atoms with Crippen molar-refractivity contribution >= 4 is 0 Å². The van der Waals surface area contributed by atoms with Crippen LogP contribution in [0.25, 0.3) is 0 Å². The van der Waals surface area contributed by atoms with Crippen molar-refractivity contribution in [2.75, 3.05) is 33.5 Å². The molecule has 0 bridgehead atoms. The predicted molar refractivity (Wildman–Crippen MR) is 136 cm³/mol. The largest absolute Gasteiger partial charge is 0.497 e. The van der Waals surface area contributed by atoms with Crippen LogP contribution >= 0.6 is 0 Å². The van der Waals surface area contributed by atoms with Gasteiger partial charge in [0.2, 0.25) is 0 Å². The Bertz CT molecular complexity index is 1060. The second kappa shape index (κ2) is 11.4. The molecule has 186 valence electrons. The summed E-state index contributed by atoms with van der Waals surface area (Å²) in [7, 11) is 1.71. The predicted octanol–water partition coefficient (Wildman–Crippen LogP) is 4.92. The van der Waals surface area contributed by atoms with Gasteiger partial charge in [0.25, 0.3) is 0 Å². The van der Waals surface area contributed by atoms with Crippen LogP contribution in [0.3, 0.4) is 0 Å². The third kappa shape index (κ3) is 6.13. The van der Waals surface area contributed by atoms with Gasteiger partial charge in [-0.05, 0) is 66.3 Å². The molecule has 0 amide bonds. The Labute approximate surface area is 208 Å². The fraction of sp³-hybridized carbons (Fsp3) is 0.483. The summed E-state index contributed by atoms with van der Waals surface area (Å²) in [5.74, 6) is 0.902. The lowest BCUT2D eigenvalue weighted by molar-refractivity contribution is -0.00455. The molecular formula is C29H37N3O3. The van der Waals surface area contributed by atoms with Crippen molar-refractivity contribution in [3.05, 3.63) is 82.7 Å². The molecule has 1 aromatic heterocycles. The molecule has 0 unspecified atom stereocenters. The Morgan fingerprint density at radius 3 is 2.60 bits per heavy atom. The van der Waals surface area contributed by atoms with Gasteiger partial charge in [-0.2, -0.15) is 5.10 Å². The van der Waals surface area contributed by atoms with Gasteiger partial charge in [0.05, 0.1) is 25.1 Å². The Balaban J connectivity index is 1.25. The van der Waals surface area contributed by atoms with Gasteiger partial charge in [-0.15, -0.1) is 0 Å². The lowest BCUT2D eigenvalue weighted by Gasteiger charge is -2.39. The van der Waals surface area contributed by atoms with E-state index in [1.807, 2.05) is 6.07 Å². The maximum atomic E-state index is 5.92. The smallest absolute Gasteiger partial charge is 0.118 e. The SMILES string of the molecule is COc1ccc(CN2Cc3[nH]nc(CCCOCc4ccccc4)c3CC3(CCOCC3)C2)cc1. The minimum absolute atomic E-state index is 0.248. The first-order chi connectivity index (χ1) is 17.2. The highest BCUT2D eigenvalue weighted by atomic mass is 16.5. The van der Waals surface area contributed by atoms with Crippen LogP contribution in [0.4, 0.5) is 0 Å². The Morgan fingerprint density at radius 1 is 1.03 bits per heavy atom. The van der Waals surface area contributed by atoms with E-state index < -0.39 is 0 Å². The summed E-state index contributed by atoms with van der Waals surface area (Å²) in [5, 5.41) is 8.19. The zero-order valence-electron chi connectivity index (χ0n) is 20.8. The monoisotopic (exact) mass is 475 g/mol. The molecule has 0 saturated carbocycles. The minimum Gasteiger partial charge on any atom is -0.497 e. The highest BCUT2D eigenvalue weighted by Gasteiger charge is 2.39. The van der Waals surface area contributed by atoms with Crippen molar-refractivity contribution in [1.82, 2.24) is 15.1 Å². The van der Waals surface area contributed by atoms with Gasteiger partial charge in [-0.1, -0.05) is 42.5 Å². The van der Waals surface area contributed by atoms with E-state index in [-0.39, 0.29) is 5.41 Å². The number of nitrogens with zero attached hydrogens (tertiary/aromatic N) is 2. The molecule has 6 heteroatoms. The zero-order valence-corrected chi connectivity index (χ0v) is 20.8. The summed E-state index contributed by atoms with van der Waals surface area (Å²) < 4.78 is 17.0. The topological polar surface area (TPSA) is 59.6 Å². The Morgan fingerprint density at radius 2 is 1.83 bits per heavy atom. The number of hydrogen-bond donors (Lipinski definition) is 1. The third-order valence-corrected chi connectivity index (χ3v) is 7.46. The van der Waals surface area contributed by atoms with Gasteiger partial charge in [-0.3, -0.25) is 10.00 Å². The van der Waals surface area contributed by atoms with Gasteiger partial charge in [-0.25, -0.2) is 0 Å². The molecule has 2 aliphatic heterocycles. The van der Waals surface area contributed by atoms with E-state index in [1.54, 1.807) is 7.11 Å². The average molecular weight is 476 g/mol. The van der Waals surface area contributed by atoms with Crippen molar-refractivity contribution in [1.29, 1.82) is 0 Å². The van der Waals surface area contributed by atoms with Gasteiger partial charge in [0, 0.05) is 39.5 Å². The number of nitrogens with one attached hydrogen (secondary N) is 1. The van der Waals surface area contributed by atoms with Crippen LogP contribution in [0, 0.1) is 5.41 Å². The van der Waals surface area contributed by atoms with Crippen LogP contribution < -0.4 is 4.74 Å². The van der Waals surface area contributed by atoms with Crippen LogP contribution in [0.2, 0.25) is 0 Å². The van der Waals surface area contributed by atoms with Crippen LogP contribution in [0.5, 0.6) is 5.75 Å². The number of rotatable bonds is 9. The first-order valence-electron chi connectivity index (χ1n) is 12.8. The number of ether oxygens (including phenoxy) is 3. The number of benzene rings is 2. The quantitative estimate of drug-likeness (QED) is 0.445. The van der Waals surface area contributed by atoms with E-state index in [9.17, 15) is 0 Å². The molecule has 0 atom stereocenters. The van der Waals surface area contributed by atoms with E-state index in [0.29, 0.717) is 6.61 Å². The van der Waals surface area contributed by atoms with E-state index in [1.165, 1.54) is 28.1 Å². The number of H-pyrrole nitrogens is 1. The Kier molecular flexibility index (Phi) is 7.82. The molecule has 1 N–H and O–H groups in total. The zero-order chi connectivity index (χ0) is 23.9. The molecule has 0 aliphatic carbocycles. The maximum Gasteiger partial charge on any atom is 0.118 e. The number of methoxy groups -OCH3 is 1. The van der Waals surface area contributed by atoms with E-state index >= 15 is 0 Å². The first kappa shape index (κ1) is 24.0. The lowest BCUT2D eigenvalue weighted by Crippen LogP contribution is -2.41. The number of aromatic amines is 1. The maximum absolute atomic E-state index is 5.92. The molecule has 3 aromatic rings.